The van der Waals surface area contributed by atoms with E-state index in [1.165, 1.54) is 18.2 Å². The lowest BCUT2D eigenvalue weighted by atomic mass is 10.1. The van der Waals surface area contributed by atoms with Gasteiger partial charge in [0, 0.05) is 12.7 Å². The van der Waals surface area contributed by atoms with Crippen LogP contribution in [0.5, 0.6) is 0 Å². The predicted molar refractivity (Wildman–Crippen MR) is 52.0 cm³/mol. The molecule has 0 heterocycles. The van der Waals surface area contributed by atoms with Crippen molar-refractivity contribution in [3.63, 3.8) is 0 Å². The molecule has 15 heavy (non-hydrogen) atoms. The topological polar surface area (TPSA) is 34.1 Å². The number of fused-ring (bicyclic) bond motifs is 1. The molecule has 5 heteroatoms. The lowest BCUT2D eigenvalue weighted by Crippen LogP contribution is -2.03. The number of hydrogen-bond acceptors (Lipinski definition) is 2. The number of halogens is 2. The maximum Gasteiger partial charge on any atom is 0.175 e. The Bertz CT molecular complexity index is 496. The first kappa shape index (κ1) is 10.5. The highest BCUT2D eigenvalue weighted by Gasteiger charge is 2.35. The maximum absolute atomic E-state index is 13.3. The van der Waals surface area contributed by atoms with Gasteiger partial charge in [0.05, 0.1) is 4.90 Å². The second-order valence-corrected chi connectivity index (χ2v) is 5.70. The van der Waals surface area contributed by atoms with E-state index < -0.39 is 22.2 Å². The summed E-state index contributed by atoms with van der Waals surface area (Å²) in [6, 6.07) is 4.27. The minimum Gasteiger partial charge on any atom is -0.244 e. The zero-order valence-corrected chi connectivity index (χ0v) is 8.89. The zero-order valence-electron chi connectivity index (χ0n) is 8.07. The van der Waals surface area contributed by atoms with Gasteiger partial charge < -0.3 is 0 Å². The van der Waals surface area contributed by atoms with Gasteiger partial charge in [0.25, 0.3) is 0 Å². The van der Waals surface area contributed by atoms with Crippen LogP contribution in [0.1, 0.15) is 17.3 Å². The van der Waals surface area contributed by atoms with Crippen molar-refractivity contribution >= 4 is 9.84 Å². The smallest absolute Gasteiger partial charge is 0.175 e. The maximum atomic E-state index is 13.3. The summed E-state index contributed by atoms with van der Waals surface area (Å²) in [6.07, 6.45) is -2.43. The minimum atomic E-state index is -3.41. The van der Waals surface area contributed by atoms with Gasteiger partial charge >= 0.3 is 0 Å². The number of benzene rings is 1. The number of sulfone groups is 1. The van der Waals surface area contributed by atoms with Crippen molar-refractivity contribution in [3.05, 3.63) is 29.3 Å². The van der Waals surface area contributed by atoms with Crippen LogP contribution in [0, 0.1) is 0 Å². The van der Waals surface area contributed by atoms with Gasteiger partial charge in [0.2, 0.25) is 0 Å². The summed E-state index contributed by atoms with van der Waals surface area (Å²) in [5, 5.41) is 0. The first-order chi connectivity index (χ1) is 6.91. The van der Waals surface area contributed by atoms with Crippen molar-refractivity contribution in [1.29, 1.82) is 0 Å². The van der Waals surface area contributed by atoms with Crippen molar-refractivity contribution in [3.8, 4) is 0 Å². The molecule has 0 amide bonds. The van der Waals surface area contributed by atoms with Gasteiger partial charge in [-0.25, -0.2) is 17.2 Å². The molecule has 0 aliphatic heterocycles. The molecule has 0 saturated heterocycles. The van der Waals surface area contributed by atoms with Crippen molar-refractivity contribution in [1.82, 2.24) is 0 Å². The third kappa shape index (κ3) is 1.65. The molecule has 0 bridgehead atoms. The van der Waals surface area contributed by atoms with Crippen LogP contribution in [-0.4, -0.2) is 20.8 Å². The molecule has 0 aromatic heterocycles. The zero-order chi connectivity index (χ0) is 11.2. The molecule has 1 aliphatic carbocycles. The van der Waals surface area contributed by atoms with Crippen LogP contribution in [0.4, 0.5) is 8.78 Å². The Kier molecular flexibility index (Phi) is 2.30. The minimum absolute atomic E-state index is 0.0443. The first-order valence-electron chi connectivity index (χ1n) is 4.51. The molecule has 2 nitrogen and oxygen atoms in total. The molecular formula is C10H10F2O2S. The molecule has 1 aliphatic rings. The van der Waals surface area contributed by atoms with Gasteiger partial charge in [-0.05, 0) is 17.2 Å². The Labute approximate surface area is 86.8 Å². The van der Waals surface area contributed by atoms with E-state index in [0.29, 0.717) is 5.56 Å². The Morgan fingerprint density at radius 2 is 2.00 bits per heavy atom. The molecule has 0 spiro atoms. The Morgan fingerprint density at radius 1 is 1.33 bits per heavy atom. The van der Waals surface area contributed by atoms with Crippen LogP contribution < -0.4 is 0 Å². The quantitative estimate of drug-likeness (QED) is 0.742. The van der Waals surface area contributed by atoms with E-state index in [9.17, 15) is 17.2 Å². The van der Waals surface area contributed by atoms with Crippen LogP contribution >= 0.6 is 0 Å². The molecule has 0 N–H and O–H groups in total. The monoisotopic (exact) mass is 232 g/mol. The molecule has 0 saturated carbocycles. The predicted octanol–water partition coefficient (Wildman–Crippen LogP) is 1.99. The van der Waals surface area contributed by atoms with Crippen LogP contribution in [0.15, 0.2) is 23.1 Å². The van der Waals surface area contributed by atoms with E-state index in [0.717, 1.165) is 6.26 Å². The highest BCUT2D eigenvalue weighted by molar-refractivity contribution is 7.90. The Hall–Kier alpha value is -0.970. The fourth-order valence-corrected chi connectivity index (χ4v) is 2.87. The summed E-state index contributed by atoms with van der Waals surface area (Å²) in [4.78, 5) is 0.0443. The highest BCUT2D eigenvalue weighted by atomic mass is 32.2. The van der Waals surface area contributed by atoms with Gasteiger partial charge in [-0.2, -0.15) is 0 Å². The highest BCUT2D eigenvalue weighted by Crippen LogP contribution is 2.39. The van der Waals surface area contributed by atoms with Crippen LogP contribution in [0.25, 0.3) is 0 Å². The van der Waals surface area contributed by atoms with Crippen LogP contribution in [0.2, 0.25) is 0 Å². The van der Waals surface area contributed by atoms with Gasteiger partial charge in [-0.3, -0.25) is 0 Å². The molecule has 2 rings (SSSR count). The van der Waals surface area contributed by atoms with E-state index in [1.807, 2.05) is 0 Å². The third-order valence-electron chi connectivity index (χ3n) is 2.58. The SMILES string of the molecule is CS(=O)(=O)c1cccc2c1CC(F)C2F. The number of alkyl halides is 2. The fourth-order valence-electron chi connectivity index (χ4n) is 1.90. The average Bonchev–Trinajstić information content (AvgIpc) is 2.41. The largest absolute Gasteiger partial charge is 0.244 e. The average molecular weight is 232 g/mol. The summed E-state index contributed by atoms with van der Waals surface area (Å²) in [5.74, 6) is 0. The van der Waals surface area contributed by atoms with Crippen LogP contribution in [0.3, 0.4) is 0 Å². The van der Waals surface area contributed by atoms with E-state index in [1.54, 1.807) is 0 Å². The van der Waals surface area contributed by atoms with E-state index >= 15 is 0 Å². The van der Waals surface area contributed by atoms with Crippen molar-refractivity contribution in [2.45, 2.75) is 23.7 Å². The number of rotatable bonds is 1. The van der Waals surface area contributed by atoms with Crippen molar-refractivity contribution in [2.24, 2.45) is 0 Å². The summed E-state index contributed by atoms with van der Waals surface area (Å²) >= 11 is 0. The summed E-state index contributed by atoms with van der Waals surface area (Å²) < 4.78 is 49.1. The molecule has 1 aromatic rings. The van der Waals surface area contributed by atoms with E-state index in [2.05, 4.69) is 0 Å². The molecule has 1 aromatic carbocycles. The fraction of sp³-hybridized carbons (Fsp3) is 0.400. The second kappa shape index (κ2) is 3.27. The molecule has 0 fully saturated rings. The Balaban J connectivity index is 2.65. The van der Waals surface area contributed by atoms with Crippen molar-refractivity contribution < 1.29 is 17.2 Å². The number of hydrogen-bond donors (Lipinski definition) is 0. The molecule has 2 atom stereocenters. The molecule has 82 valence electrons. The molecular weight excluding hydrogens is 222 g/mol. The third-order valence-corrected chi connectivity index (χ3v) is 3.76. The lowest BCUT2D eigenvalue weighted by molar-refractivity contribution is 0.187. The van der Waals surface area contributed by atoms with Gasteiger partial charge in [-0.1, -0.05) is 12.1 Å². The van der Waals surface area contributed by atoms with Gasteiger partial charge in [0.1, 0.15) is 6.17 Å². The van der Waals surface area contributed by atoms with E-state index in [-0.39, 0.29) is 16.9 Å². The van der Waals surface area contributed by atoms with Gasteiger partial charge in [0.15, 0.2) is 16.0 Å². The van der Waals surface area contributed by atoms with Crippen molar-refractivity contribution in [2.75, 3.05) is 6.26 Å². The summed E-state index contributed by atoms with van der Waals surface area (Å²) in [6.45, 7) is 0. The summed E-state index contributed by atoms with van der Waals surface area (Å²) in [7, 11) is -3.41. The molecule has 0 radical (unpaired) electrons. The van der Waals surface area contributed by atoms with E-state index in [4.69, 9.17) is 0 Å². The van der Waals surface area contributed by atoms with Gasteiger partial charge in [-0.15, -0.1) is 0 Å². The normalized spacial score (nSPS) is 25.3. The second-order valence-electron chi connectivity index (χ2n) is 3.72. The lowest BCUT2D eigenvalue weighted by Gasteiger charge is -2.05. The summed E-state index contributed by atoms with van der Waals surface area (Å²) in [5.41, 5.74) is 0.463. The standard InChI is InChI=1S/C10H10F2O2S/c1-15(13,14)9-4-2-3-6-7(9)5-8(11)10(6)12/h2-4,8,10H,5H2,1H3. The van der Waals surface area contributed by atoms with Crippen LogP contribution in [-0.2, 0) is 16.3 Å². The Morgan fingerprint density at radius 3 is 2.60 bits per heavy atom. The molecule has 2 unspecified atom stereocenters. The first-order valence-corrected chi connectivity index (χ1v) is 6.40.